The van der Waals surface area contributed by atoms with Gasteiger partial charge >= 0.3 is 0 Å². The summed E-state index contributed by atoms with van der Waals surface area (Å²) in [6, 6.07) is 0.201. The Morgan fingerprint density at radius 2 is 2.07 bits per heavy atom. The van der Waals surface area contributed by atoms with E-state index in [1.165, 1.54) is 5.41 Å². The van der Waals surface area contributed by atoms with Crippen LogP contribution in [0.4, 0.5) is 0 Å². The molecule has 1 saturated carbocycles. The molecule has 1 aliphatic carbocycles. The molecule has 1 aliphatic heterocycles. The first-order valence-corrected chi connectivity index (χ1v) is 6.41. The van der Waals surface area contributed by atoms with Crippen molar-refractivity contribution in [3.63, 3.8) is 0 Å². The van der Waals surface area contributed by atoms with E-state index in [9.17, 15) is 8.42 Å². The highest BCUT2D eigenvalue weighted by Crippen LogP contribution is 2.22. The van der Waals surface area contributed by atoms with Crippen LogP contribution in [0.2, 0.25) is 0 Å². The molecular formula is C9H14N2O2S. The zero-order valence-electron chi connectivity index (χ0n) is 8.16. The van der Waals surface area contributed by atoms with Crippen molar-refractivity contribution in [1.82, 2.24) is 5.32 Å². The van der Waals surface area contributed by atoms with Crippen molar-refractivity contribution in [1.29, 1.82) is 0 Å². The molecule has 14 heavy (non-hydrogen) atoms. The monoisotopic (exact) mass is 214 g/mol. The summed E-state index contributed by atoms with van der Waals surface area (Å²) in [5.41, 5.74) is 0.654. The zero-order valence-corrected chi connectivity index (χ0v) is 8.97. The first-order chi connectivity index (χ1) is 6.58. The van der Waals surface area contributed by atoms with E-state index in [0.29, 0.717) is 5.70 Å². The Morgan fingerprint density at radius 1 is 1.43 bits per heavy atom. The highest BCUT2D eigenvalue weighted by Gasteiger charge is 2.26. The van der Waals surface area contributed by atoms with Gasteiger partial charge < -0.3 is 5.32 Å². The van der Waals surface area contributed by atoms with E-state index < -0.39 is 9.84 Å². The van der Waals surface area contributed by atoms with E-state index in [0.717, 1.165) is 25.7 Å². The van der Waals surface area contributed by atoms with Crippen LogP contribution in [0.25, 0.3) is 0 Å². The van der Waals surface area contributed by atoms with Crippen molar-refractivity contribution in [3.8, 4) is 0 Å². The van der Waals surface area contributed by atoms with Crippen LogP contribution in [0.5, 0.6) is 0 Å². The van der Waals surface area contributed by atoms with Gasteiger partial charge in [0.15, 0.2) is 0 Å². The fraction of sp³-hybridized carbons (Fsp3) is 0.667. The standard InChI is InChI=1S/C9H14N2O2S/c1-7-6-14(12,13)9(10-7)11-8-4-2-3-5-8/h6,8H,2-5H2,1H3,(H,10,11). The van der Waals surface area contributed by atoms with Gasteiger partial charge in [0, 0.05) is 5.70 Å². The Morgan fingerprint density at radius 3 is 2.57 bits per heavy atom. The smallest absolute Gasteiger partial charge is 0.234 e. The predicted octanol–water partition coefficient (Wildman–Crippen LogP) is 1.16. The minimum absolute atomic E-state index is 0.141. The Bertz CT molecular complexity index is 389. The van der Waals surface area contributed by atoms with Crippen molar-refractivity contribution in [3.05, 3.63) is 11.1 Å². The second-order valence-electron chi connectivity index (χ2n) is 3.84. The van der Waals surface area contributed by atoms with E-state index in [4.69, 9.17) is 0 Å². The van der Waals surface area contributed by atoms with Gasteiger partial charge in [0.05, 0.1) is 11.4 Å². The van der Waals surface area contributed by atoms with Gasteiger partial charge in [0.25, 0.3) is 0 Å². The lowest BCUT2D eigenvalue weighted by atomic mass is 10.3. The van der Waals surface area contributed by atoms with Crippen molar-refractivity contribution in [2.45, 2.75) is 38.6 Å². The average molecular weight is 214 g/mol. The molecule has 0 aromatic rings. The van der Waals surface area contributed by atoms with Crippen LogP contribution in [0.15, 0.2) is 16.1 Å². The molecule has 0 radical (unpaired) electrons. The molecule has 1 N–H and O–H groups in total. The Hall–Kier alpha value is -0.840. The summed E-state index contributed by atoms with van der Waals surface area (Å²) >= 11 is 0. The summed E-state index contributed by atoms with van der Waals surface area (Å²) < 4.78 is 23.0. The van der Waals surface area contributed by atoms with Crippen LogP contribution >= 0.6 is 0 Å². The minimum Gasteiger partial charge on any atom is -0.334 e. The number of amidine groups is 1. The van der Waals surface area contributed by atoms with E-state index in [1.54, 1.807) is 6.92 Å². The first-order valence-electron chi connectivity index (χ1n) is 4.86. The molecule has 4 nitrogen and oxygen atoms in total. The Kier molecular flexibility index (Phi) is 2.34. The maximum Gasteiger partial charge on any atom is 0.234 e. The fourth-order valence-electron chi connectivity index (χ4n) is 1.86. The number of aliphatic imine (C=N–C) groups is 1. The highest BCUT2D eigenvalue weighted by molar-refractivity contribution is 8.09. The van der Waals surface area contributed by atoms with Crippen LogP contribution in [-0.2, 0) is 9.84 Å². The molecule has 0 saturated heterocycles. The van der Waals surface area contributed by atoms with E-state index in [-0.39, 0.29) is 11.2 Å². The van der Waals surface area contributed by atoms with Gasteiger partial charge in [-0.25, -0.2) is 8.42 Å². The largest absolute Gasteiger partial charge is 0.334 e. The number of sulfone groups is 1. The van der Waals surface area contributed by atoms with E-state index in [1.807, 2.05) is 0 Å². The molecule has 0 atom stereocenters. The Balaban J connectivity index is 2.20. The lowest BCUT2D eigenvalue weighted by Gasteiger charge is -2.04. The molecule has 0 bridgehead atoms. The van der Waals surface area contributed by atoms with Crippen molar-refractivity contribution < 1.29 is 8.42 Å². The molecule has 0 amide bonds. The number of nitrogens with one attached hydrogen (secondary N) is 1. The van der Waals surface area contributed by atoms with Crippen molar-refractivity contribution >= 4 is 15.0 Å². The van der Waals surface area contributed by atoms with Crippen molar-refractivity contribution in [2.75, 3.05) is 0 Å². The van der Waals surface area contributed by atoms with Gasteiger partial charge in [0.2, 0.25) is 15.0 Å². The molecule has 0 aromatic carbocycles. The van der Waals surface area contributed by atoms with Gasteiger partial charge in [-0.15, -0.1) is 0 Å². The highest BCUT2D eigenvalue weighted by atomic mass is 32.2. The number of nitrogens with zero attached hydrogens (tertiary/aromatic N) is 1. The third kappa shape index (κ3) is 1.82. The summed E-state index contributed by atoms with van der Waals surface area (Å²) in [4.78, 5) is 4.24. The van der Waals surface area contributed by atoms with Crippen LogP contribution in [0.3, 0.4) is 0 Å². The van der Waals surface area contributed by atoms with Gasteiger partial charge in [-0.05, 0) is 19.8 Å². The lowest BCUT2D eigenvalue weighted by Crippen LogP contribution is -2.23. The van der Waals surface area contributed by atoms with Crippen LogP contribution in [0.1, 0.15) is 32.6 Å². The van der Waals surface area contributed by atoms with Crippen LogP contribution in [-0.4, -0.2) is 19.6 Å². The van der Waals surface area contributed by atoms with Gasteiger partial charge in [0.1, 0.15) is 0 Å². The summed E-state index contributed by atoms with van der Waals surface area (Å²) in [5, 5.41) is 4.17. The summed E-state index contributed by atoms with van der Waals surface area (Å²) in [7, 11) is -3.25. The molecule has 1 heterocycles. The number of hydrogen-bond acceptors (Lipinski definition) is 3. The predicted molar refractivity (Wildman–Crippen MR) is 55.5 cm³/mol. The molecule has 1 fully saturated rings. The van der Waals surface area contributed by atoms with Gasteiger partial charge in [-0.1, -0.05) is 12.8 Å². The topological polar surface area (TPSA) is 58.5 Å². The number of hydrogen-bond donors (Lipinski definition) is 1. The minimum atomic E-state index is -3.25. The van der Waals surface area contributed by atoms with Crippen LogP contribution < -0.4 is 5.32 Å². The number of rotatable bonds is 1. The zero-order chi connectivity index (χ0) is 10.2. The SMILES string of the molecule is CC1=CS(=O)(=O)C(=NC2CCCC2)N1. The molecule has 2 rings (SSSR count). The molecule has 0 spiro atoms. The van der Waals surface area contributed by atoms with Gasteiger partial charge in [-0.3, -0.25) is 4.99 Å². The maximum atomic E-state index is 11.5. The summed E-state index contributed by atoms with van der Waals surface area (Å²) in [6.07, 6.45) is 4.35. The lowest BCUT2D eigenvalue weighted by molar-refractivity contribution is 0.614. The third-order valence-electron chi connectivity index (χ3n) is 2.53. The van der Waals surface area contributed by atoms with Gasteiger partial charge in [-0.2, -0.15) is 0 Å². The molecule has 0 unspecified atom stereocenters. The molecule has 5 heteroatoms. The number of allylic oxidation sites excluding steroid dienone is 1. The molecular weight excluding hydrogens is 200 g/mol. The third-order valence-corrected chi connectivity index (χ3v) is 3.94. The average Bonchev–Trinajstić information content (AvgIpc) is 2.61. The second-order valence-corrected chi connectivity index (χ2v) is 5.56. The fourth-order valence-corrected chi connectivity index (χ4v) is 3.10. The maximum absolute atomic E-state index is 11.5. The normalized spacial score (nSPS) is 29.2. The second kappa shape index (κ2) is 3.38. The van der Waals surface area contributed by atoms with Crippen LogP contribution in [0, 0.1) is 0 Å². The Labute approximate surface area is 84.0 Å². The van der Waals surface area contributed by atoms with Crippen molar-refractivity contribution in [2.24, 2.45) is 4.99 Å². The molecule has 2 aliphatic rings. The quantitative estimate of drug-likeness (QED) is 0.712. The summed E-state index contributed by atoms with van der Waals surface area (Å²) in [5.74, 6) is 0. The molecule has 0 aromatic heterocycles. The summed E-state index contributed by atoms with van der Waals surface area (Å²) in [6.45, 7) is 1.73. The van der Waals surface area contributed by atoms with E-state index >= 15 is 0 Å². The van der Waals surface area contributed by atoms with E-state index in [2.05, 4.69) is 10.3 Å². The first kappa shape index (κ1) is 9.71. The molecule has 78 valence electrons.